The number of nitrogens with zero attached hydrogens (tertiary/aromatic N) is 2. The number of phenols is 1. The van der Waals surface area contributed by atoms with E-state index in [-0.39, 0.29) is 18.2 Å². The van der Waals surface area contributed by atoms with Crippen molar-refractivity contribution in [2.75, 3.05) is 32.5 Å². The topological polar surface area (TPSA) is 66.9 Å². The Kier molecular flexibility index (Phi) is 5.06. The second kappa shape index (κ2) is 7.27. The third-order valence-corrected chi connectivity index (χ3v) is 4.03. The SMILES string of the molecule is CN(C)CCNc1nc2ccccc2c2c1Oc1c(O)cccc1O2.Cl. The van der Waals surface area contributed by atoms with Crippen molar-refractivity contribution < 1.29 is 14.6 Å². The molecule has 0 amide bonds. The van der Waals surface area contributed by atoms with Crippen molar-refractivity contribution in [3.8, 4) is 28.7 Å². The van der Waals surface area contributed by atoms with Crippen molar-refractivity contribution >= 4 is 29.1 Å². The molecule has 0 unspecified atom stereocenters. The van der Waals surface area contributed by atoms with Crippen LogP contribution in [0, 0.1) is 0 Å². The molecular weight excluding hydrogens is 354 g/mol. The standard InChI is InChI=1S/C19H19N3O3.ClH/c1-22(2)11-10-20-19-18-16(12-6-3-4-7-13(12)21-19)24-15-9-5-8-14(23)17(15)25-18;/h3-9,23H,10-11H2,1-2H3,(H,20,21);1H. The monoisotopic (exact) mass is 373 g/mol. The van der Waals surface area contributed by atoms with Gasteiger partial charge in [0.05, 0.1) is 5.52 Å². The molecule has 0 radical (unpaired) electrons. The molecule has 1 aromatic heterocycles. The molecule has 0 spiro atoms. The van der Waals surface area contributed by atoms with Crippen LogP contribution in [0.4, 0.5) is 5.82 Å². The summed E-state index contributed by atoms with van der Waals surface area (Å²) in [7, 11) is 4.03. The molecule has 0 saturated heterocycles. The van der Waals surface area contributed by atoms with Crippen molar-refractivity contribution in [3.63, 3.8) is 0 Å². The van der Waals surface area contributed by atoms with Crippen LogP contribution in [0.2, 0.25) is 0 Å². The number of aromatic nitrogens is 1. The second-order valence-electron chi connectivity index (χ2n) is 6.17. The quantitative estimate of drug-likeness (QED) is 0.558. The first kappa shape index (κ1) is 18.1. The summed E-state index contributed by atoms with van der Waals surface area (Å²) in [4.78, 5) is 6.75. The molecule has 1 aliphatic heterocycles. The van der Waals surface area contributed by atoms with Crippen molar-refractivity contribution in [2.45, 2.75) is 0 Å². The lowest BCUT2D eigenvalue weighted by atomic mass is 10.1. The van der Waals surface area contributed by atoms with Gasteiger partial charge in [0.2, 0.25) is 11.5 Å². The number of anilines is 1. The Morgan fingerprint density at radius 3 is 2.62 bits per heavy atom. The Hall–Kier alpha value is -2.70. The molecule has 2 heterocycles. The number of benzene rings is 2. The van der Waals surface area contributed by atoms with E-state index in [4.69, 9.17) is 9.47 Å². The fourth-order valence-electron chi connectivity index (χ4n) is 2.78. The number of phenolic OH excluding ortho intramolecular Hbond substituents is 1. The average molecular weight is 374 g/mol. The summed E-state index contributed by atoms with van der Waals surface area (Å²) in [5, 5.41) is 14.3. The van der Waals surface area contributed by atoms with Crippen molar-refractivity contribution in [2.24, 2.45) is 0 Å². The number of aromatic hydroxyl groups is 1. The first-order chi connectivity index (χ1) is 12.1. The van der Waals surface area contributed by atoms with Crippen LogP contribution >= 0.6 is 12.4 Å². The highest BCUT2D eigenvalue weighted by Crippen LogP contribution is 2.53. The largest absolute Gasteiger partial charge is 0.504 e. The van der Waals surface area contributed by atoms with E-state index >= 15 is 0 Å². The van der Waals surface area contributed by atoms with Crippen molar-refractivity contribution in [1.29, 1.82) is 0 Å². The van der Waals surface area contributed by atoms with Gasteiger partial charge in [-0.2, -0.15) is 0 Å². The van der Waals surface area contributed by atoms with Crippen LogP contribution < -0.4 is 14.8 Å². The first-order valence-corrected chi connectivity index (χ1v) is 8.12. The van der Waals surface area contributed by atoms with Gasteiger partial charge in [0.1, 0.15) is 0 Å². The van der Waals surface area contributed by atoms with Gasteiger partial charge in [-0.3, -0.25) is 0 Å². The number of halogens is 1. The molecule has 0 fully saturated rings. The lowest BCUT2D eigenvalue weighted by Crippen LogP contribution is -2.21. The Balaban J connectivity index is 0.00000196. The van der Waals surface area contributed by atoms with Crippen LogP contribution in [0.3, 0.4) is 0 Å². The zero-order chi connectivity index (χ0) is 17.4. The smallest absolute Gasteiger partial charge is 0.213 e. The summed E-state index contributed by atoms with van der Waals surface area (Å²) in [5.41, 5.74) is 0.820. The number of nitrogens with one attached hydrogen (secondary N) is 1. The molecule has 1 aliphatic rings. The third-order valence-electron chi connectivity index (χ3n) is 4.03. The molecule has 26 heavy (non-hydrogen) atoms. The number of hydrogen-bond acceptors (Lipinski definition) is 6. The van der Waals surface area contributed by atoms with Crippen LogP contribution in [0.25, 0.3) is 10.9 Å². The minimum absolute atomic E-state index is 0. The number of likely N-dealkylation sites (N-methyl/N-ethyl adjacent to an activating group) is 1. The van der Waals surface area contributed by atoms with Gasteiger partial charge in [-0.05, 0) is 38.4 Å². The zero-order valence-electron chi connectivity index (χ0n) is 14.5. The van der Waals surface area contributed by atoms with E-state index in [1.807, 2.05) is 38.4 Å². The Bertz CT molecular complexity index is 947. The molecule has 4 rings (SSSR count). The van der Waals surface area contributed by atoms with Crippen molar-refractivity contribution in [1.82, 2.24) is 9.88 Å². The number of para-hydroxylation sites is 2. The number of pyridine rings is 1. The van der Waals surface area contributed by atoms with Gasteiger partial charge in [-0.15, -0.1) is 12.4 Å². The van der Waals surface area contributed by atoms with E-state index in [0.717, 1.165) is 17.4 Å². The molecule has 6 nitrogen and oxygen atoms in total. The van der Waals surface area contributed by atoms with E-state index in [1.54, 1.807) is 18.2 Å². The van der Waals surface area contributed by atoms with Gasteiger partial charge >= 0.3 is 0 Å². The van der Waals surface area contributed by atoms with Crippen molar-refractivity contribution in [3.05, 3.63) is 42.5 Å². The summed E-state index contributed by atoms with van der Waals surface area (Å²) in [6, 6.07) is 12.8. The van der Waals surface area contributed by atoms with Gasteiger partial charge < -0.3 is 24.8 Å². The van der Waals surface area contributed by atoms with Crippen LogP contribution in [-0.2, 0) is 0 Å². The normalized spacial score (nSPS) is 11.8. The summed E-state index contributed by atoms with van der Waals surface area (Å²) in [6.07, 6.45) is 0. The molecule has 136 valence electrons. The van der Waals surface area contributed by atoms with E-state index in [2.05, 4.69) is 15.2 Å². The number of fused-ring (bicyclic) bond motifs is 4. The predicted octanol–water partition coefficient (Wildman–Crippen LogP) is 4.23. The Morgan fingerprint density at radius 1 is 1.00 bits per heavy atom. The average Bonchev–Trinajstić information content (AvgIpc) is 2.60. The molecular formula is C19H20ClN3O3. The molecule has 0 atom stereocenters. The lowest BCUT2D eigenvalue weighted by Gasteiger charge is -2.24. The molecule has 2 N–H and O–H groups in total. The van der Waals surface area contributed by atoms with Gasteiger partial charge in [0.15, 0.2) is 23.1 Å². The van der Waals surface area contributed by atoms with Gasteiger partial charge in [-0.1, -0.05) is 18.2 Å². The van der Waals surface area contributed by atoms with E-state index in [9.17, 15) is 5.11 Å². The van der Waals surface area contributed by atoms with E-state index < -0.39 is 0 Å². The Morgan fingerprint density at radius 2 is 1.81 bits per heavy atom. The molecule has 0 aliphatic carbocycles. The summed E-state index contributed by atoms with van der Waals surface area (Å²) >= 11 is 0. The minimum atomic E-state index is 0. The maximum Gasteiger partial charge on any atom is 0.213 e. The lowest BCUT2D eigenvalue weighted by molar-refractivity contribution is 0.340. The van der Waals surface area contributed by atoms with Gasteiger partial charge in [-0.25, -0.2) is 4.98 Å². The maximum atomic E-state index is 10.1. The zero-order valence-corrected chi connectivity index (χ0v) is 15.3. The molecule has 0 saturated carbocycles. The summed E-state index contributed by atoms with van der Waals surface area (Å²) < 4.78 is 12.1. The first-order valence-electron chi connectivity index (χ1n) is 8.12. The molecule has 3 aromatic rings. The fourth-order valence-corrected chi connectivity index (χ4v) is 2.78. The highest BCUT2D eigenvalue weighted by atomic mass is 35.5. The summed E-state index contributed by atoms with van der Waals surface area (Å²) in [6.45, 7) is 1.56. The minimum Gasteiger partial charge on any atom is -0.504 e. The Labute approximate surface area is 157 Å². The predicted molar refractivity (Wildman–Crippen MR) is 104 cm³/mol. The number of hydrogen-bond donors (Lipinski definition) is 2. The highest BCUT2D eigenvalue weighted by Gasteiger charge is 2.27. The van der Waals surface area contributed by atoms with E-state index in [1.165, 1.54) is 0 Å². The third kappa shape index (κ3) is 3.21. The number of ether oxygens (including phenoxy) is 2. The fraction of sp³-hybridized carbons (Fsp3) is 0.211. The van der Waals surface area contributed by atoms with Crippen LogP contribution in [-0.4, -0.2) is 42.2 Å². The molecule has 2 aromatic carbocycles. The summed E-state index contributed by atoms with van der Waals surface area (Å²) in [5.74, 6) is 2.54. The number of rotatable bonds is 4. The molecule has 0 bridgehead atoms. The highest BCUT2D eigenvalue weighted by molar-refractivity contribution is 5.92. The second-order valence-corrected chi connectivity index (χ2v) is 6.17. The van der Waals surface area contributed by atoms with Crippen LogP contribution in [0.5, 0.6) is 28.7 Å². The maximum absolute atomic E-state index is 10.1. The van der Waals surface area contributed by atoms with Gasteiger partial charge in [0, 0.05) is 18.5 Å². The van der Waals surface area contributed by atoms with E-state index in [0.29, 0.717) is 35.4 Å². The van der Waals surface area contributed by atoms with Crippen LogP contribution in [0.1, 0.15) is 0 Å². The van der Waals surface area contributed by atoms with Crippen LogP contribution in [0.15, 0.2) is 42.5 Å². The molecule has 7 heteroatoms. The van der Waals surface area contributed by atoms with Gasteiger partial charge in [0.25, 0.3) is 0 Å².